The first-order chi connectivity index (χ1) is 19.7. The molecular formula is C29H32ClN7O4. The number of aryl methyl sites for hydroxylation is 1. The fourth-order valence-corrected chi connectivity index (χ4v) is 6.63. The van der Waals surface area contributed by atoms with Crippen molar-refractivity contribution in [2.45, 2.75) is 63.8 Å². The molecule has 0 bridgehead atoms. The Morgan fingerprint density at radius 3 is 2.85 bits per heavy atom. The maximum Gasteiger partial charge on any atom is 0.318 e. The molecule has 2 aliphatic heterocycles. The average Bonchev–Trinajstić information content (AvgIpc) is 3.13. The molecule has 0 radical (unpaired) electrons. The van der Waals surface area contributed by atoms with Crippen molar-refractivity contribution in [2.75, 3.05) is 32.6 Å². The molecule has 214 valence electrons. The molecule has 0 saturated carbocycles. The Morgan fingerprint density at radius 2 is 2.12 bits per heavy atom. The molecule has 41 heavy (non-hydrogen) atoms. The molecule has 1 amide bonds. The third kappa shape index (κ3) is 4.37. The lowest BCUT2D eigenvalue weighted by Crippen LogP contribution is -2.41. The van der Waals surface area contributed by atoms with E-state index in [2.05, 4.69) is 23.0 Å². The van der Waals surface area contributed by atoms with Crippen molar-refractivity contribution in [3.63, 3.8) is 0 Å². The number of carbonyl (C=O) groups is 1. The highest BCUT2D eigenvalue weighted by atomic mass is 35.5. The van der Waals surface area contributed by atoms with Gasteiger partial charge < -0.3 is 24.4 Å². The minimum Gasteiger partial charge on any atom is -0.507 e. The van der Waals surface area contributed by atoms with Crippen LogP contribution in [0.25, 0.3) is 0 Å². The van der Waals surface area contributed by atoms with Gasteiger partial charge in [-0.15, -0.1) is 0 Å². The van der Waals surface area contributed by atoms with Crippen molar-refractivity contribution in [1.29, 1.82) is 5.26 Å². The minimum absolute atomic E-state index is 0.0414. The molecule has 1 aliphatic carbocycles. The molecular weight excluding hydrogens is 546 g/mol. The topological polar surface area (TPSA) is 130 Å². The number of hydrogen-bond acceptors (Lipinski definition) is 9. The quantitative estimate of drug-likeness (QED) is 0.492. The van der Waals surface area contributed by atoms with Gasteiger partial charge in [0.2, 0.25) is 0 Å². The zero-order valence-corrected chi connectivity index (χ0v) is 24.3. The predicted octanol–water partition coefficient (Wildman–Crippen LogP) is 3.89. The Kier molecular flexibility index (Phi) is 6.78. The fourth-order valence-electron chi connectivity index (χ4n) is 6.36. The molecule has 1 aromatic carbocycles. The number of amides is 1. The van der Waals surface area contributed by atoms with E-state index >= 15 is 0 Å². The highest BCUT2D eigenvalue weighted by Crippen LogP contribution is 2.51. The Labute approximate surface area is 243 Å². The first kappa shape index (κ1) is 27.3. The summed E-state index contributed by atoms with van der Waals surface area (Å²) in [4.78, 5) is 25.8. The number of hydrogen-bond donors (Lipinski definition) is 1. The summed E-state index contributed by atoms with van der Waals surface area (Å²) in [7, 11) is 4.89. The van der Waals surface area contributed by atoms with Crippen LogP contribution < -0.4 is 9.64 Å². The Hall–Kier alpha value is -3.88. The van der Waals surface area contributed by atoms with Crippen molar-refractivity contribution in [2.24, 2.45) is 0 Å². The average molecular weight is 578 g/mol. The van der Waals surface area contributed by atoms with Gasteiger partial charge in [0.1, 0.15) is 28.8 Å². The van der Waals surface area contributed by atoms with Crippen molar-refractivity contribution in [3.8, 4) is 17.8 Å². The number of carbonyl (C=O) groups excluding carboxylic acids is 1. The number of rotatable bonds is 3. The number of aromatic hydroxyl groups is 1. The highest BCUT2D eigenvalue weighted by Gasteiger charge is 2.46. The standard InChI is InChI=1S/C29H32ClN7O4/c1-16-8-9-29(23-17(16)6-7-22(38)18(23)13-31)12-20-19(15-41-29)26(33-28(32-20)40-4)36-10-5-11-37-21(14-36)24(30)25(34-37)27(39)35(2)3/h6-7,16,38H,5,8-12,14-15H2,1-4H3/t16-,29?/m0/s1. The van der Waals surface area contributed by atoms with Crippen molar-refractivity contribution in [3.05, 3.63) is 56.5 Å². The molecule has 1 spiro atoms. The van der Waals surface area contributed by atoms with Crippen LogP contribution in [0.3, 0.4) is 0 Å². The van der Waals surface area contributed by atoms with Gasteiger partial charge in [-0.05, 0) is 36.8 Å². The Morgan fingerprint density at radius 1 is 1.32 bits per heavy atom. The summed E-state index contributed by atoms with van der Waals surface area (Å²) in [6.07, 6.45) is 2.76. The molecule has 0 fully saturated rings. The largest absolute Gasteiger partial charge is 0.507 e. The molecule has 3 aromatic rings. The van der Waals surface area contributed by atoms with Gasteiger partial charge in [0.15, 0.2) is 5.69 Å². The van der Waals surface area contributed by atoms with Gasteiger partial charge in [0.25, 0.3) is 5.91 Å². The highest BCUT2D eigenvalue weighted by molar-refractivity contribution is 6.34. The van der Waals surface area contributed by atoms with Gasteiger partial charge in [-0.2, -0.15) is 20.3 Å². The van der Waals surface area contributed by atoms with Crippen LogP contribution in [-0.2, 0) is 36.5 Å². The number of nitrogens with zero attached hydrogens (tertiary/aromatic N) is 7. The van der Waals surface area contributed by atoms with E-state index in [1.807, 2.05) is 10.7 Å². The van der Waals surface area contributed by atoms with E-state index in [4.69, 9.17) is 31.0 Å². The Balaban J connectivity index is 1.42. The number of ether oxygens (including phenoxy) is 2. The number of benzene rings is 1. The lowest BCUT2D eigenvalue weighted by molar-refractivity contribution is -0.0874. The number of halogens is 1. The van der Waals surface area contributed by atoms with Crippen LogP contribution in [0.2, 0.25) is 5.02 Å². The predicted molar refractivity (Wildman–Crippen MR) is 150 cm³/mol. The number of nitriles is 1. The lowest BCUT2D eigenvalue weighted by atomic mass is 9.69. The fraction of sp³-hybridized carbons (Fsp3) is 0.483. The molecule has 1 unspecified atom stereocenters. The van der Waals surface area contributed by atoms with E-state index < -0.39 is 5.60 Å². The Bertz CT molecular complexity index is 1600. The zero-order chi connectivity index (χ0) is 29.1. The summed E-state index contributed by atoms with van der Waals surface area (Å²) in [5, 5.41) is 25.5. The first-order valence-corrected chi connectivity index (χ1v) is 14.1. The van der Waals surface area contributed by atoms with Crippen LogP contribution in [0.5, 0.6) is 11.8 Å². The summed E-state index contributed by atoms with van der Waals surface area (Å²) < 4.78 is 14.1. The minimum atomic E-state index is -0.794. The van der Waals surface area contributed by atoms with Crippen LogP contribution in [0.4, 0.5) is 5.82 Å². The number of aromatic nitrogens is 4. The number of phenols is 1. The van der Waals surface area contributed by atoms with Gasteiger partial charge in [-0.3, -0.25) is 9.48 Å². The lowest BCUT2D eigenvalue weighted by Gasteiger charge is -2.44. The molecule has 6 rings (SSSR count). The molecule has 1 N–H and O–H groups in total. The van der Waals surface area contributed by atoms with Crippen molar-refractivity contribution < 1.29 is 19.4 Å². The number of anilines is 1. The van der Waals surface area contributed by atoms with Crippen LogP contribution >= 0.6 is 11.6 Å². The van der Waals surface area contributed by atoms with Crippen molar-refractivity contribution in [1.82, 2.24) is 24.6 Å². The summed E-state index contributed by atoms with van der Waals surface area (Å²) >= 11 is 6.72. The molecule has 12 heteroatoms. The molecule has 0 saturated heterocycles. The molecule has 2 aromatic heterocycles. The van der Waals surface area contributed by atoms with Crippen LogP contribution in [-0.4, -0.2) is 63.4 Å². The first-order valence-electron chi connectivity index (χ1n) is 13.7. The second-order valence-corrected chi connectivity index (χ2v) is 11.6. The maximum absolute atomic E-state index is 12.7. The SMILES string of the molecule is COc1nc2c(c(N3CCCn4nc(C(=O)N(C)C)c(Cl)c4C3)n1)COC1(CC[C@H](C)c3ccc(O)c(C#N)c31)C2. The van der Waals surface area contributed by atoms with Crippen LogP contribution in [0, 0.1) is 11.3 Å². The van der Waals surface area contributed by atoms with Gasteiger partial charge in [-0.25, -0.2) is 0 Å². The number of methoxy groups -OCH3 is 1. The van der Waals surface area contributed by atoms with Gasteiger partial charge in [0, 0.05) is 44.7 Å². The number of phenolic OH excluding ortho intramolecular Hbond substituents is 1. The zero-order valence-electron chi connectivity index (χ0n) is 23.6. The molecule has 2 atom stereocenters. The van der Waals surface area contributed by atoms with E-state index in [0.717, 1.165) is 40.9 Å². The summed E-state index contributed by atoms with van der Waals surface area (Å²) in [6, 6.07) is 5.96. The van der Waals surface area contributed by atoms with E-state index in [0.29, 0.717) is 43.3 Å². The third-order valence-electron chi connectivity index (χ3n) is 8.51. The second kappa shape index (κ2) is 10.2. The van der Waals surface area contributed by atoms with Gasteiger partial charge in [-0.1, -0.05) is 24.6 Å². The van der Waals surface area contributed by atoms with E-state index in [9.17, 15) is 15.2 Å². The van der Waals surface area contributed by atoms with Crippen LogP contribution in [0.15, 0.2) is 12.1 Å². The smallest absolute Gasteiger partial charge is 0.318 e. The van der Waals surface area contributed by atoms with Crippen LogP contribution in [0.1, 0.15) is 76.2 Å². The summed E-state index contributed by atoms with van der Waals surface area (Å²) in [6.45, 7) is 4.07. The maximum atomic E-state index is 12.7. The molecule has 3 aliphatic rings. The molecule has 11 nitrogen and oxygen atoms in total. The van der Waals surface area contributed by atoms with Crippen molar-refractivity contribution >= 4 is 23.3 Å². The summed E-state index contributed by atoms with van der Waals surface area (Å²) in [5.74, 6) is 0.639. The van der Waals surface area contributed by atoms with E-state index in [1.165, 1.54) is 12.0 Å². The van der Waals surface area contributed by atoms with E-state index in [-0.39, 0.29) is 41.4 Å². The van der Waals surface area contributed by atoms with Gasteiger partial charge in [0.05, 0.1) is 36.7 Å². The monoisotopic (exact) mass is 577 g/mol. The van der Waals surface area contributed by atoms with Gasteiger partial charge >= 0.3 is 6.01 Å². The number of fused-ring (bicyclic) bond motifs is 4. The van der Waals surface area contributed by atoms with E-state index in [1.54, 1.807) is 20.2 Å². The third-order valence-corrected chi connectivity index (χ3v) is 8.91. The molecule has 4 heterocycles. The second-order valence-electron chi connectivity index (χ2n) is 11.2. The summed E-state index contributed by atoms with van der Waals surface area (Å²) in [5.41, 5.74) is 3.87. The normalized spacial score (nSPS) is 21.4.